The highest BCUT2D eigenvalue weighted by Crippen LogP contribution is 2.19. The minimum atomic E-state index is -0.527. The van der Waals surface area contributed by atoms with Crippen LogP contribution in [0.5, 0.6) is 0 Å². The predicted molar refractivity (Wildman–Crippen MR) is 94.8 cm³/mol. The Morgan fingerprint density at radius 3 is 2.65 bits per heavy atom. The first-order chi connectivity index (χ1) is 12.5. The number of halogens is 2. The standard InChI is InChI=1S/C18H19ClFN3O3/c1-12(17(24)21-13-4-5-15(20)14(19)11-13)22-6-8-23(9-7-22)18(25)16-3-2-10-26-16/h2-5,10-12H,6-9H2,1H3,(H,21,24)/p+1/t12-/m0/s1. The number of quaternary nitrogens is 1. The average Bonchev–Trinajstić information content (AvgIpc) is 3.18. The van der Waals surface area contributed by atoms with Gasteiger partial charge in [0.1, 0.15) is 5.82 Å². The third-order valence-electron chi connectivity index (χ3n) is 4.62. The molecule has 0 unspecified atom stereocenters. The SMILES string of the molecule is C[C@@H](C(=O)Nc1ccc(F)c(Cl)c1)[NH+]1CCN(C(=O)c2ccco2)CC1. The molecule has 2 N–H and O–H groups in total. The summed E-state index contributed by atoms with van der Waals surface area (Å²) in [5.41, 5.74) is 0.458. The van der Waals surface area contributed by atoms with Crippen LogP contribution in [-0.4, -0.2) is 48.9 Å². The van der Waals surface area contributed by atoms with Gasteiger partial charge in [-0.25, -0.2) is 4.39 Å². The lowest BCUT2D eigenvalue weighted by Crippen LogP contribution is -3.19. The van der Waals surface area contributed by atoms with Crippen LogP contribution < -0.4 is 10.2 Å². The van der Waals surface area contributed by atoms with Crippen LogP contribution in [0.3, 0.4) is 0 Å². The first-order valence-electron chi connectivity index (χ1n) is 8.39. The maximum Gasteiger partial charge on any atom is 0.289 e. The van der Waals surface area contributed by atoms with Gasteiger partial charge in [0.25, 0.3) is 11.8 Å². The van der Waals surface area contributed by atoms with Crippen LogP contribution in [0.4, 0.5) is 10.1 Å². The molecule has 1 aliphatic heterocycles. The van der Waals surface area contributed by atoms with E-state index in [1.165, 1.54) is 24.5 Å². The van der Waals surface area contributed by atoms with Crippen molar-refractivity contribution in [3.05, 3.63) is 53.2 Å². The Bertz CT molecular complexity index is 789. The number of piperazine rings is 1. The Balaban J connectivity index is 1.54. The molecule has 1 fully saturated rings. The molecule has 3 rings (SSSR count). The van der Waals surface area contributed by atoms with Crippen LogP contribution in [0.15, 0.2) is 41.0 Å². The van der Waals surface area contributed by atoms with E-state index in [-0.39, 0.29) is 22.9 Å². The minimum Gasteiger partial charge on any atom is -0.459 e. The number of amides is 2. The van der Waals surface area contributed by atoms with Gasteiger partial charge in [0, 0.05) is 5.69 Å². The highest BCUT2D eigenvalue weighted by molar-refractivity contribution is 6.31. The van der Waals surface area contributed by atoms with Gasteiger partial charge >= 0.3 is 0 Å². The van der Waals surface area contributed by atoms with Crippen molar-refractivity contribution in [3.8, 4) is 0 Å². The van der Waals surface area contributed by atoms with E-state index in [0.717, 1.165) is 4.90 Å². The lowest BCUT2D eigenvalue weighted by Gasteiger charge is -2.34. The van der Waals surface area contributed by atoms with E-state index in [4.69, 9.17) is 16.0 Å². The Labute approximate surface area is 155 Å². The molecular formula is C18H20ClFN3O3+. The fourth-order valence-corrected chi connectivity index (χ4v) is 3.18. The van der Waals surface area contributed by atoms with Crippen molar-refractivity contribution in [3.63, 3.8) is 0 Å². The third kappa shape index (κ3) is 4.05. The van der Waals surface area contributed by atoms with E-state index in [1.807, 2.05) is 6.92 Å². The number of furan rings is 1. The quantitative estimate of drug-likeness (QED) is 0.843. The van der Waals surface area contributed by atoms with Crippen molar-refractivity contribution in [2.45, 2.75) is 13.0 Å². The fourth-order valence-electron chi connectivity index (χ4n) is 3.00. The number of rotatable bonds is 4. The molecule has 2 heterocycles. The van der Waals surface area contributed by atoms with Gasteiger partial charge < -0.3 is 19.5 Å². The molecule has 8 heteroatoms. The summed E-state index contributed by atoms with van der Waals surface area (Å²) in [4.78, 5) is 27.5. The molecule has 0 spiro atoms. The summed E-state index contributed by atoms with van der Waals surface area (Å²) in [5.74, 6) is -0.506. The summed E-state index contributed by atoms with van der Waals surface area (Å²) in [7, 11) is 0. The van der Waals surface area contributed by atoms with Gasteiger partial charge in [0.15, 0.2) is 11.8 Å². The summed E-state index contributed by atoms with van der Waals surface area (Å²) < 4.78 is 18.3. The zero-order valence-electron chi connectivity index (χ0n) is 14.3. The van der Waals surface area contributed by atoms with E-state index < -0.39 is 5.82 Å². The van der Waals surface area contributed by atoms with E-state index in [9.17, 15) is 14.0 Å². The molecule has 0 saturated carbocycles. The van der Waals surface area contributed by atoms with Crippen LogP contribution in [0, 0.1) is 5.82 Å². The van der Waals surface area contributed by atoms with Gasteiger partial charge in [-0.3, -0.25) is 9.59 Å². The van der Waals surface area contributed by atoms with Crippen LogP contribution in [0.2, 0.25) is 5.02 Å². The second-order valence-electron chi connectivity index (χ2n) is 6.27. The second kappa shape index (κ2) is 7.88. The number of hydrogen-bond donors (Lipinski definition) is 2. The van der Waals surface area contributed by atoms with E-state index in [2.05, 4.69) is 5.32 Å². The van der Waals surface area contributed by atoms with E-state index in [0.29, 0.717) is 37.6 Å². The van der Waals surface area contributed by atoms with Gasteiger partial charge in [0.05, 0.1) is 37.5 Å². The highest BCUT2D eigenvalue weighted by Gasteiger charge is 2.31. The Morgan fingerprint density at radius 2 is 2.04 bits per heavy atom. The summed E-state index contributed by atoms with van der Waals surface area (Å²) >= 11 is 5.74. The van der Waals surface area contributed by atoms with Crippen LogP contribution in [0.25, 0.3) is 0 Å². The maximum absolute atomic E-state index is 13.2. The smallest absolute Gasteiger partial charge is 0.289 e. The lowest BCUT2D eigenvalue weighted by molar-refractivity contribution is -0.917. The third-order valence-corrected chi connectivity index (χ3v) is 4.91. The largest absolute Gasteiger partial charge is 0.459 e. The summed E-state index contributed by atoms with van der Waals surface area (Å²) in [6.45, 7) is 4.25. The number of nitrogens with zero attached hydrogens (tertiary/aromatic N) is 1. The number of nitrogens with one attached hydrogen (secondary N) is 2. The van der Waals surface area contributed by atoms with Crippen molar-refractivity contribution < 1.29 is 23.3 Å². The number of benzene rings is 1. The summed E-state index contributed by atoms with van der Waals surface area (Å²) in [5, 5.41) is 2.72. The van der Waals surface area contributed by atoms with Gasteiger partial charge in [-0.1, -0.05) is 11.6 Å². The fraction of sp³-hybridized carbons (Fsp3) is 0.333. The summed E-state index contributed by atoms with van der Waals surface area (Å²) in [6.07, 6.45) is 1.48. The average molecular weight is 381 g/mol. The number of carbonyl (C=O) groups is 2. The molecular weight excluding hydrogens is 361 g/mol. The van der Waals surface area contributed by atoms with Crippen molar-refractivity contribution >= 4 is 29.1 Å². The van der Waals surface area contributed by atoms with E-state index in [1.54, 1.807) is 17.0 Å². The first kappa shape index (κ1) is 18.4. The first-order valence-corrected chi connectivity index (χ1v) is 8.77. The van der Waals surface area contributed by atoms with Gasteiger partial charge in [-0.05, 0) is 37.3 Å². The molecule has 2 aromatic rings. The van der Waals surface area contributed by atoms with E-state index >= 15 is 0 Å². The molecule has 0 aliphatic carbocycles. The number of hydrogen-bond acceptors (Lipinski definition) is 3. The van der Waals surface area contributed by atoms with Gasteiger partial charge in [0.2, 0.25) is 0 Å². The molecule has 1 aromatic carbocycles. The molecule has 6 nitrogen and oxygen atoms in total. The predicted octanol–water partition coefficient (Wildman–Crippen LogP) is 1.44. The topological polar surface area (TPSA) is 67.0 Å². The van der Waals surface area contributed by atoms with Crippen molar-refractivity contribution in [2.75, 3.05) is 31.5 Å². The van der Waals surface area contributed by atoms with Crippen molar-refractivity contribution in [2.24, 2.45) is 0 Å². The molecule has 138 valence electrons. The van der Waals surface area contributed by atoms with Crippen molar-refractivity contribution in [1.82, 2.24) is 4.90 Å². The van der Waals surface area contributed by atoms with Crippen molar-refractivity contribution in [1.29, 1.82) is 0 Å². The molecule has 0 radical (unpaired) electrons. The summed E-state index contributed by atoms with van der Waals surface area (Å²) in [6, 6.07) is 7.10. The molecule has 2 amide bonds. The molecule has 26 heavy (non-hydrogen) atoms. The Hall–Kier alpha value is -2.38. The molecule has 1 aliphatic rings. The monoisotopic (exact) mass is 380 g/mol. The maximum atomic E-state index is 13.2. The molecule has 1 aromatic heterocycles. The molecule has 0 bridgehead atoms. The number of anilines is 1. The zero-order valence-corrected chi connectivity index (χ0v) is 15.1. The zero-order chi connectivity index (χ0) is 18.7. The lowest BCUT2D eigenvalue weighted by atomic mass is 10.2. The molecule has 1 saturated heterocycles. The number of carbonyl (C=O) groups excluding carboxylic acids is 2. The van der Waals surface area contributed by atoms with Gasteiger partial charge in [-0.15, -0.1) is 0 Å². The second-order valence-corrected chi connectivity index (χ2v) is 6.67. The normalized spacial score (nSPS) is 16.3. The minimum absolute atomic E-state index is 0.0344. The van der Waals surface area contributed by atoms with Gasteiger partial charge in [-0.2, -0.15) is 0 Å². The Morgan fingerprint density at radius 1 is 1.31 bits per heavy atom. The van der Waals surface area contributed by atoms with Crippen LogP contribution >= 0.6 is 11.6 Å². The van der Waals surface area contributed by atoms with Crippen LogP contribution in [0.1, 0.15) is 17.5 Å². The highest BCUT2D eigenvalue weighted by atomic mass is 35.5. The Kier molecular flexibility index (Phi) is 5.58. The van der Waals surface area contributed by atoms with Crippen LogP contribution in [-0.2, 0) is 4.79 Å². The molecule has 1 atom stereocenters.